The number of carbonyl (C=O) groups is 1. The molecule has 0 bridgehead atoms. The predicted octanol–water partition coefficient (Wildman–Crippen LogP) is 2.19. The fourth-order valence-corrected chi connectivity index (χ4v) is 2.15. The van der Waals surface area contributed by atoms with E-state index in [1.54, 1.807) is 0 Å². The zero-order valence-electron chi connectivity index (χ0n) is 10.6. The molecular formula is C15H18N2O. The van der Waals surface area contributed by atoms with Crippen molar-refractivity contribution in [3.05, 3.63) is 29.3 Å². The zero-order chi connectivity index (χ0) is 13.0. The predicted molar refractivity (Wildman–Crippen MR) is 73.6 cm³/mol. The van der Waals surface area contributed by atoms with Gasteiger partial charge in [-0.3, -0.25) is 4.79 Å². The number of fused-ring (bicyclic) bond motifs is 1. The number of rotatable bonds is 3. The second kappa shape index (κ2) is 5.59. The van der Waals surface area contributed by atoms with Crippen LogP contribution in [0.5, 0.6) is 0 Å². The Labute approximate surface area is 108 Å². The quantitative estimate of drug-likeness (QED) is 0.798. The van der Waals surface area contributed by atoms with E-state index in [9.17, 15) is 4.79 Å². The van der Waals surface area contributed by atoms with Gasteiger partial charge in [0.25, 0.3) is 5.91 Å². The van der Waals surface area contributed by atoms with Gasteiger partial charge < -0.3 is 10.6 Å². The van der Waals surface area contributed by atoms with Crippen molar-refractivity contribution < 1.29 is 4.79 Å². The Balaban J connectivity index is 2.09. The van der Waals surface area contributed by atoms with E-state index in [0.29, 0.717) is 12.0 Å². The first-order valence-corrected chi connectivity index (χ1v) is 6.32. The average molecular weight is 242 g/mol. The van der Waals surface area contributed by atoms with Gasteiger partial charge in [-0.25, -0.2) is 0 Å². The summed E-state index contributed by atoms with van der Waals surface area (Å²) in [4.78, 5) is 12.0. The van der Waals surface area contributed by atoms with Crippen LogP contribution in [0.25, 0.3) is 0 Å². The Morgan fingerprint density at radius 2 is 2.44 bits per heavy atom. The van der Waals surface area contributed by atoms with Gasteiger partial charge in [-0.1, -0.05) is 0 Å². The number of amides is 1. The lowest BCUT2D eigenvalue weighted by Gasteiger charge is -2.19. The summed E-state index contributed by atoms with van der Waals surface area (Å²) in [6, 6.07) is 5.82. The number of hydrogen-bond acceptors (Lipinski definition) is 2. The number of benzene rings is 1. The number of terminal acetylenes is 1. The third-order valence-electron chi connectivity index (χ3n) is 3.11. The maximum Gasteiger partial charge on any atom is 0.251 e. The minimum atomic E-state index is -0.0499. The third kappa shape index (κ3) is 2.84. The molecular weight excluding hydrogens is 224 g/mol. The van der Waals surface area contributed by atoms with Crippen molar-refractivity contribution >= 4 is 11.6 Å². The maximum atomic E-state index is 12.0. The highest BCUT2D eigenvalue weighted by atomic mass is 16.1. The van der Waals surface area contributed by atoms with E-state index in [4.69, 9.17) is 6.42 Å². The smallest absolute Gasteiger partial charge is 0.251 e. The molecule has 1 atom stereocenters. The van der Waals surface area contributed by atoms with Crippen molar-refractivity contribution in [2.24, 2.45) is 0 Å². The van der Waals surface area contributed by atoms with Crippen LogP contribution >= 0.6 is 0 Å². The van der Waals surface area contributed by atoms with E-state index in [-0.39, 0.29) is 11.9 Å². The Bertz CT molecular complexity index is 488. The van der Waals surface area contributed by atoms with E-state index in [1.165, 1.54) is 5.56 Å². The van der Waals surface area contributed by atoms with Gasteiger partial charge in [-0.05, 0) is 43.5 Å². The van der Waals surface area contributed by atoms with Crippen LogP contribution in [0.4, 0.5) is 5.69 Å². The van der Waals surface area contributed by atoms with Crippen LogP contribution in [0.15, 0.2) is 18.2 Å². The molecule has 0 aromatic heterocycles. The summed E-state index contributed by atoms with van der Waals surface area (Å²) in [5, 5.41) is 6.23. The molecule has 3 heteroatoms. The highest BCUT2D eigenvalue weighted by molar-refractivity contribution is 5.95. The number of aryl methyl sites for hydroxylation is 1. The standard InChI is InChI=1S/C15H18N2O/c1-3-5-11(2)17-15(18)13-7-8-14-12(10-13)6-4-9-16-14/h1,7-8,10-11,16H,4-6,9H2,2H3,(H,17,18). The first-order valence-electron chi connectivity index (χ1n) is 6.32. The van der Waals surface area contributed by atoms with Crippen LogP contribution < -0.4 is 10.6 Å². The lowest BCUT2D eigenvalue weighted by molar-refractivity contribution is 0.0941. The van der Waals surface area contributed by atoms with Gasteiger partial charge in [-0.2, -0.15) is 0 Å². The van der Waals surface area contributed by atoms with E-state index in [0.717, 1.165) is 25.1 Å². The topological polar surface area (TPSA) is 41.1 Å². The Kier molecular flexibility index (Phi) is 3.88. The van der Waals surface area contributed by atoms with Crippen LogP contribution in [0.1, 0.15) is 35.7 Å². The molecule has 0 saturated carbocycles. The molecule has 0 aliphatic carbocycles. The molecule has 1 amide bonds. The summed E-state index contributed by atoms with van der Waals surface area (Å²) in [5.74, 6) is 2.50. The number of hydrogen-bond donors (Lipinski definition) is 2. The van der Waals surface area contributed by atoms with Crippen molar-refractivity contribution in [1.29, 1.82) is 0 Å². The molecule has 1 heterocycles. The monoisotopic (exact) mass is 242 g/mol. The summed E-state index contributed by atoms with van der Waals surface area (Å²) >= 11 is 0. The van der Waals surface area contributed by atoms with Crippen LogP contribution in [0.2, 0.25) is 0 Å². The van der Waals surface area contributed by atoms with Gasteiger partial charge in [0.2, 0.25) is 0 Å². The SMILES string of the molecule is C#CCC(C)NC(=O)c1ccc2c(c1)CCCN2. The molecule has 94 valence electrons. The molecule has 1 aromatic rings. The van der Waals surface area contributed by atoms with Crippen molar-refractivity contribution in [3.8, 4) is 12.3 Å². The first kappa shape index (κ1) is 12.5. The van der Waals surface area contributed by atoms with Crippen LogP contribution in [-0.4, -0.2) is 18.5 Å². The van der Waals surface area contributed by atoms with E-state index in [2.05, 4.69) is 16.6 Å². The van der Waals surface area contributed by atoms with E-state index < -0.39 is 0 Å². The zero-order valence-corrected chi connectivity index (χ0v) is 10.6. The van der Waals surface area contributed by atoms with Crippen molar-refractivity contribution in [2.75, 3.05) is 11.9 Å². The second-order valence-electron chi connectivity index (χ2n) is 4.69. The van der Waals surface area contributed by atoms with Gasteiger partial charge in [0.1, 0.15) is 0 Å². The molecule has 1 aromatic carbocycles. The lowest BCUT2D eigenvalue weighted by Crippen LogP contribution is -2.32. The fourth-order valence-electron chi connectivity index (χ4n) is 2.15. The van der Waals surface area contributed by atoms with Gasteiger partial charge in [0, 0.05) is 30.3 Å². The lowest BCUT2D eigenvalue weighted by atomic mass is 10.0. The Hall–Kier alpha value is -1.95. The molecule has 0 fully saturated rings. The van der Waals surface area contributed by atoms with E-state index in [1.807, 2.05) is 25.1 Å². The van der Waals surface area contributed by atoms with Crippen molar-refractivity contribution in [3.63, 3.8) is 0 Å². The average Bonchev–Trinajstić information content (AvgIpc) is 2.38. The molecule has 18 heavy (non-hydrogen) atoms. The summed E-state index contributed by atoms with van der Waals surface area (Å²) in [6.07, 6.45) is 7.93. The molecule has 0 radical (unpaired) electrons. The molecule has 1 aliphatic rings. The second-order valence-corrected chi connectivity index (χ2v) is 4.69. The summed E-state index contributed by atoms with van der Waals surface area (Å²) in [7, 11) is 0. The van der Waals surface area contributed by atoms with Gasteiger partial charge >= 0.3 is 0 Å². The van der Waals surface area contributed by atoms with Crippen LogP contribution in [0, 0.1) is 12.3 Å². The normalized spacial score (nSPS) is 14.9. The first-order chi connectivity index (χ1) is 8.70. The molecule has 1 unspecified atom stereocenters. The largest absolute Gasteiger partial charge is 0.385 e. The van der Waals surface area contributed by atoms with Gasteiger partial charge in [0.05, 0.1) is 0 Å². The van der Waals surface area contributed by atoms with Crippen molar-refractivity contribution in [2.45, 2.75) is 32.2 Å². The number of carbonyl (C=O) groups excluding carboxylic acids is 1. The fraction of sp³-hybridized carbons (Fsp3) is 0.400. The van der Waals surface area contributed by atoms with Crippen molar-refractivity contribution in [1.82, 2.24) is 5.32 Å². The van der Waals surface area contributed by atoms with Crippen LogP contribution in [-0.2, 0) is 6.42 Å². The number of anilines is 1. The van der Waals surface area contributed by atoms with Gasteiger partial charge in [-0.15, -0.1) is 12.3 Å². The summed E-state index contributed by atoms with van der Waals surface area (Å²) in [5.41, 5.74) is 3.08. The molecule has 3 nitrogen and oxygen atoms in total. The van der Waals surface area contributed by atoms with Crippen LogP contribution in [0.3, 0.4) is 0 Å². The molecule has 0 spiro atoms. The third-order valence-corrected chi connectivity index (χ3v) is 3.11. The molecule has 1 aliphatic heterocycles. The Morgan fingerprint density at radius 1 is 1.61 bits per heavy atom. The summed E-state index contributed by atoms with van der Waals surface area (Å²) < 4.78 is 0. The highest BCUT2D eigenvalue weighted by Gasteiger charge is 2.13. The minimum Gasteiger partial charge on any atom is -0.385 e. The highest BCUT2D eigenvalue weighted by Crippen LogP contribution is 2.22. The minimum absolute atomic E-state index is 0.0108. The Morgan fingerprint density at radius 3 is 3.22 bits per heavy atom. The molecule has 0 saturated heterocycles. The van der Waals surface area contributed by atoms with Gasteiger partial charge in [0.15, 0.2) is 0 Å². The number of nitrogens with one attached hydrogen (secondary N) is 2. The maximum absolute atomic E-state index is 12.0. The molecule has 2 rings (SSSR count). The van der Waals surface area contributed by atoms with E-state index >= 15 is 0 Å². The molecule has 2 N–H and O–H groups in total. The summed E-state index contributed by atoms with van der Waals surface area (Å²) in [6.45, 7) is 2.93.